The molecule has 0 spiro atoms. The Bertz CT molecular complexity index is 1370. The summed E-state index contributed by atoms with van der Waals surface area (Å²) in [7, 11) is 0. The van der Waals surface area contributed by atoms with Crippen LogP contribution in [0.25, 0.3) is 0 Å². The zero-order valence-corrected chi connectivity index (χ0v) is 43.4. The highest BCUT2D eigenvalue weighted by Gasteiger charge is 2.16. The molecule has 0 aromatic carbocycles. The summed E-state index contributed by atoms with van der Waals surface area (Å²) in [6.07, 6.45) is 83.0. The van der Waals surface area contributed by atoms with Crippen molar-refractivity contribution < 1.29 is 24.2 Å². The molecule has 0 fully saturated rings. The van der Waals surface area contributed by atoms with Gasteiger partial charge in [0.2, 0.25) is 0 Å². The highest BCUT2D eigenvalue weighted by molar-refractivity contribution is 5.70. The predicted octanol–water partition coefficient (Wildman–Crippen LogP) is 18.7. The van der Waals surface area contributed by atoms with Crippen molar-refractivity contribution in [3.05, 3.63) is 122 Å². The number of esters is 2. The molecule has 380 valence electrons. The Kier molecular flexibility index (Phi) is 53.5. The van der Waals surface area contributed by atoms with Crippen molar-refractivity contribution in [1.29, 1.82) is 0 Å². The summed E-state index contributed by atoms with van der Waals surface area (Å²) >= 11 is 0. The lowest BCUT2D eigenvalue weighted by Gasteiger charge is -2.15. The molecule has 67 heavy (non-hydrogen) atoms. The molecule has 0 aliphatic heterocycles. The van der Waals surface area contributed by atoms with Crippen LogP contribution < -0.4 is 0 Å². The molecule has 0 rings (SSSR count). The first-order valence-electron chi connectivity index (χ1n) is 27.6. The Morgan fingerprint density at radius 1 is 0.358 bits per heavy atom. The van der Waals surface area contributed by atoms with Gasteiger partial charge in [-0.1, -0.05) is 257 Å². The lowest BCUT2D eigenvalue weighted by molar-refractivity contribution is -0.161. The molecular formula is C62H102O5. The van der Waals surface area contributed by atoms with Crippen molar-refractivity contribution in [1.82, 2.24) is 0 Å². The van der Waals surface area contributed by atoms with Crippen molar-refractivity contribution in [2.45, 2.75) is 245 Å². The minimum Gasteiger partial charge on any atom is -0.462 e. The molecule has 0 bridgehead atoms. The smallest absolute Gasteiger partial charge is 0.306 e. The number of allylic oxidation sites excluding steroid dienone is 20. The van der Waals surface area contributed by atoms with Gasteiger partial charge in [-0.05, 0) is 89.9 Å². The molecule has 0 saturated carbocycles. The average molecular weight is 927 g/mol. The molecule has 0 amide bonds. The maximum atomic E-state index is 12.3. The van der Waals surface area contributed by atoms with Gasteiger partial charge in [-0.2, -0.15) is 0 Å². The lowest BCUT2D eigenvalue weighted by Crippen LogP contribution is -2.28. The van der Waals surface area contributed by atoms with Gasteiger partial charge in [0.15, 0.2) is 6.10 Å². The number of aliphatic hydroxyl groups is 1. The van der Waals surface area contributed by atoms with Gasteiger partial charge in [0.25, 0.3) is 0 Å². The molecule has 1 unspecified atom stereocenters. The zero-order valence-electron chi connectivity index (χ0n) is 43.4. The average Bonchev–Trinajstić information content (AvgIpc) is 3.33. The summed E-state index contributed by atoms with van der Waals surface area (Å²) in [5.74, 6) is -0.608. The second-order valence-electron chi connectivity index (χ2n) is 17.9. The quantitative estimate of drug-likeness (QED) is 0.0374. The van der Waals surface area contributed by atoms with E-state index in [9.17, 15) is 14.7 Å². The van der Waals surface area contributed by atoms with Gasteiger partial charge in [0, 0.05) is 12.8 Å². The van der Waals surface area contributed by atoms with E-state index in [-0.39, 0.29) is 25.2 Å². The number of rotatable bonds is 49. The fourth-order valence-corrected chi connectivity index (χ4v) is 7.41. The summed E-state index contributed by atoms with van der Waals surface area (Å²) in [6, 6.07) is 0. The fraction of sp³-hybridized carbons (Fsp3) is 0.645. The van der Waals surface area contributed by atoms with Crippen molar-refractivity contribution in [2.75, 3.05) is 13.2 Å². The second-order valence-corrected chi connectivity index (χ2v) is 17.9. The van der Waals surface area contributed by atoms with Crippen LogP contribution in [0.1, 0.15) is 239 Å². The summed E-state index contributed by atoms with van der Waals surface area (Å²) < 4.78 is 10.7. The highest BCUT2D eigenvalue weighted by atomic mass is 16.6. The van der Waals surface area contributed by atoms with E-state index in [1.165, 1.54) is 103 Å². The zero-order chi connectivity index (χ0) is 48.5. The first-order valence-corrected chi connectivity index (χ1v) is 27.6. The molecule has 5 nitrogen and oxygen atoms in total. The molecule has 0 aliphatic carbocycles. The summed E-state index contributed by atoms with van der Waals surface area (Å²) in [4.78, 5) is 24.5. The van der Waals surface area contributed by atoms with Crippen LogP contribution in [0, 0.1) is 0 Å². The van der Waals surface area contributed by atoms with Crippen molar-refractivity contribution in [2.24, 2.45) is 0 Å². The van der Waals surface area contributed by atoms with E-state index >= 15 is 0 Å². The predicted molar refractivity (Wildman–Crippen MR) is 292 cm³/mol. The van der Waals surface area contributed by atoms with Gasteiger partial charge in [-0.25, -0.2) is 0 Å². The third-order valence-electron chi connectivity index (χ3n) is 11.5. The van der Waals surface area contributed by atoms with Crippen LogP contribution in [0.2, 0.25) is 0 Å². The third kappa shape index (κ3) is 54.8. The van der Waals surface area contributed by atoms with Crippen LogP contribution in [0.5, 0.6) is 0 Å². The van der Waals surface area contributed by atoms with Gasteiger partial charge in [-0.15, -0.1) is 0 Å². The first-order chi connectivity index (χ1) is 33.1. The molecule has 0 saturated heterocycles. The largest absolute Gasteiger partial charge is 0.462 e. The van der Waals surface area contributed by atoms with Crippen LogP contribution in [0.3, 0.4) is 0 Å². The van der Waals surface area contributed by atoms with Crippen LogP contribution in [0.4, 0.5) is 0 Å². The van der Waals surface area contributed by atoms with E-state index in [1.54, 1.807) is 0 Å². The van der Waals surface area contributed by atoms with E-state index in [4.69, 9.17) is 9.47 Å². The number of hydrogen-bond acceptors (Lipinski definition) is 5. The van der Waals surface area contributed by atoms with Gasteiger partial charge >= 0.3 is 11.9 Å². The van der Waals surface area contributed by atoms with E-state index in [0.717, 1.165) is 109 Å². The number of carbonyl (C=O) groups is 2. The Hall–Kier alpha value is -3.70. The molecule has 0 aliphatic rings. The lowest BCUT2D eigenvalue weighted by atomic mass is 10.0. The molecule has 1 atom stereocenters. The van der Waals surface area contributed by atoms with Crippen LogP contribution in [-0.2, 0) is 19.1 Å². The van der Waals surface area contributed by atoms with Crippen molar-refractivity contribution in [3.8, 4) is 0 Å². The molecule has 0 aromatic heterocycles. The maximum absolute atomic E-state index is 12.3. The molecule has 5 heteroatoms. The number of hydrogen-bond donors (Lipinski definition) is 1. The Morgan fingerprint density at radius 2 is 0.642 bits per heavy atom. The van der Waals surface area contributed by atoms with E-state index in [1.807, 2.05) is 0 Å². The Balaban J connectivity index is 3.62. The van der Waals surface area contributed by atoms with E-state index < -0.39 is 6.10 Å². The van der Waals surface area contributed by atoms with Crippen molar-refractivity contribution >= 4 is 11.9 Å². The monoisotopic (exact) mass is 927 g/mol. The van der Waals surface area contributed by atoms with Crippen LogP contribution in [-0.4, -0.2) is 36.4 Å². The topological polar surface area (TPSA) is 72.8 Å². The summed E-state index contributed by atoms with van der Waals surface area (Å²) in [6.45, 7) is 4.02. The third-order valence-corrected chi connectivity index (χ3v) is 11.5. The van der Waals surface area contributed by atoms with E-state index in [0.29, 0.717) is 12.8 Å². The molecule has 1 N–H and O–H groups in total. The van der Waals surface area contributed by atoms with Gasteiger partial charge < -0.3 is 14.6 Å². The molecule has 0 radical (unpaired) electrons. The standard InChI is InChI=1S/C62H102O5/c1-3-5-7-9-11-13-15-17-19-21-22-23-24-25-26-27-28-29-30-31-32-33-34-35-36-37-38-39-40-41-43-45-47-49-51-53-55-57-62(65)67-60(58-63)59-66-61(64)56-54-52-50-48-46-44-42-20-18-16-14-12-10-8-6-4-2/h5,7,11,13,17,19,22-23,25-26,28-29,31-32,34-35,37-38,40-41,60,63H,3-4,6,8-10,12,14-16,18,20-21,24,27,30,33,36,39,42-59H2,1-2H3/b7-5-,13-11-,19-17-,23-22-,26-25-,29-28-,32-31-,35-34-,38-37-,41-40-. The Labute approximate surface area is 413 Å². The van der Waals surface area contributed by atoms with Crippen LogP contribution in [0.15, 0.2) is 122 Å². The molecular weight excluding hydrogens is 825 g/mol. The number of ether oxygens (including phenoxy) is 2. The van der Waals surface area contributed by atoms with Crippen LogP contribution >= 0.6 is 0 Å². The minimum atomic E-state index is -0.786. The van der Waals surface area contributed by atoms with E-state index in [2.05, 4.69) is 135 Å². The fourth-order valence-electron chi connectivity index (χ4n) is 7.41. The molecule has 0 heterocycles. The summed E-state index contributed by atoms with van der Waals surface area (Å²) in [5, 5.41) is 9.63. The van der Waals surface area contributed by atoms with Gasteiger partial charge in [0.05, 0.1) is 6.61 Å². The number of unbranched alkanes of at least 4 members (excludes halogenated alkanes) is 21. The molecule has 0 aromatic rings. The van der Waals surface area contributed by atoms with Crippen molar-refractivity contribution in [3.63, 3.8) is 0 Å². The van der Waals surface area contributed by atoms with Gasteiger partial charge in [0.1, 0.15) is 6.61 Å². The number of aliphatic hydroxyl groups excluding tert-OH is 1. The normalized spacial score (nSPS) is 13.2. The second kappa shape index (κ2) is 56.6. The number of carbonyl (C=O) groups excluding carboxylic acids is 2. The highest BCUT2D eigenvalue weighted by Crippen LogP contribution is 2.15. The maximum Gasteiger partial charge on any atom is 0.306 e. The SMILES string of the molecule is CC/C=C\C/C=C\C/C=C\C/C=C\C/C=C\C/C=C\C/C=C\C/C=C\C/C=C\C/C=C\CCCCCCCCC(=O)OC(CO)COC(=O)CCCCCCCCCCCCCCCCCC. The Morgan fingerprint density at radius 3 is 0.970 bits per heavy atom. The first kappa shape index (κ1) is 63.3. The summed E-state index contributed by atoms with van der Waals surface area (Å²) in [5.41, 5.74) is 0. The van der Waals surface area contributed by atoms with Gasteiger partial charge in [-0.3, -0.25) is 9.59 Å². The minimum absolute atomic E-state index is 0.0756.